The van der Waals surface area contributed by atoms with E-state index >= 15 is 0 Å². The van der Waals surface area contributed by atoms with Crippen molar-refractivity contribution in [3.63, 3.8) is 0 Å². The molecule has 6 heteroatoms. The fraction of sp³-hybridized carbons (Fsp3) is 0.571. The number of rotatable bonds is 4. The lowest BCUT2D eigenvalue weighted by Gasteiger charge is -2.35. The summed E-state index contributed by atoms with van der Waals surface area (Å²) in [6, 6.07) is 7.94. The molecular weight excluding hydrogens is 292 g/mol. The first-order valence-electron chi connectivity index (χ1n) is 6.67. The van der Waals surface area contributed by atoms with E-state index in [1.165, 1.54) is 5.75 Å². The lowest BCUT2D eigenvalue weighted by Crippen LogP contribution is -2.35. The largest absolute Gasteiger partial charge is 0.381 e. The fourth-order valence-electron chi connectivity index (χ4n) is 2.52. The minimum absolute atomic E-state index is 0.112. The first kappa shape index (κ1) is 15.7. The van der Waals surface area contributed by atoms with Crippen LogP contribution in [0.3, 0.4) is 0 Å². The Kier molecular flexibility index (Phi) is 4.66. The van der Waals surface area contributed by atoms with Crippen LogP contribution in [-0.2, 0) is 15.8 Å². The average molecular weight is 314 g/mol. The number of benzene rings is 1. The van der Waals surface area contributed by atoms with Crippen molar-refractivity contribution in [3.05, 3.63) is 29.8 Å². The fourth-order valence-corrected chi connectivity index (χ4v) is 4.45. The highest BCUT2D eigenvalue weighted by Gasteiger charge is 2.28. The molecule has 2 rings (SSSR count). The van der Waals surface area contributed by atoms with Crippen molar-refractivity contribution in [3.8, 4) is 0 Å². The van der Waals surface area contributed by atoms with Gasteiger partial charge in [0.1, 0.15) is 0 Å². The Morgan fingerprint density at radius 2 is 2.00 bits per heavy atom. The van der Waals surface area contributed by atoms with E-state index in [-0.39, 0.29) is 5.75 Å². The Bertz CT molecular complexity index is 553. The van der Waals surface area contributed by atoms with Gasteiger partial charge in [-0.2, -0.15) is 11.8 Å². The van der Waals surface area contributed by atoms with Crippen LogP contribution in [0.5, 0.6) is 0 Å². The van der Waals surface area contributed by atoms with Gasteiger partial charge in [0.2, 0.25) is 10.0 Å². The maximum atomic E-state index is 11.0. The summed E-state index contributed by atoms with van der Waals surface area (Å²) in [6.45, 7) is 4.59. The van der Waals surface area contributed by atoms with Gasteiger partial charge in [-0.1, -0.05) is 26.0 Å². The highest BCUT2D eigenvalue weighted by Crippen LogP contribution is 2.34. The molecule has 0 saturated carbocycles. The van der Waals surface area contributed by atoms with Crippen LogP contribution in [0.15, 0.2) is 24.3 Å². The van der Waals surface area contributed by atoms with Crippen molar-refractivity contribution in [2.45, 2.75) is 32.1 Å². The third-order valence-corrected chi connectivity index (χ3v) is 5.66. The molecule has 1 saturated heterocycles. The van der Waals surface area contributed by atoms with Crippen molar-refractivity contribution < 1.29 is 8.42 Å². The van der Waals surface area contributed by atoms with E-state index in [1.54, 1.807) is 0 Å². The summed E-state index contributed by atoms with van der Waals surface area (Å²) in [4.78, 5) is 0. The maximum Gasteiger partial charge on any atom is 0.213 e. The molecule has 1 heterocycles. The van der Waals surface area contributed by atoms with E-state index in [0.29, 0.717) is 11.5 Å². The van der Waals surface area contributed by atoms with Gasteiger partial charge in [-0.3, -0.25) is 0 Å². The normalized spacial score (nSPS) is 22.4. The average Bonchev–Trinajstić information content (AvgIpc) is 2.28. The summed E-state index contributed by atoms with van der Waals surface area (Å²) >= 11 is 1.98. The van der Waals surface area contributed by atoms with Crippen LogP contribution >= 0.6 is 11.8 Å². The van der Waals surface area contributed by atoms with Gasteiger partial charge in [-0.05, 0) is 35.3 Å². The minimum atomic E-state index is -3.46. The topological polar surface area (TPSA) is 72.2 Å². The maximum absolute atomic E-state index is 11.0. The van der Waals surface area contributed by atoms with Crippen molar-refractivity contribution in [1.29, 1.82) is 0 Å². The van der Waals surface area contributed by atoms with Gasteiger partial charge in [0.15, 0.2) is 0 Å². The van der Waals surface area contributed by atoms with Gasteiger partial charge in [-0.25, -0.2) is 13.6 Å². The van der Waals surface area contributed by atoms with Gasteiger partial charge in [0, 0.05) is 17.5 Å². The molecule has 0 aromatic heterocycles. The van der Waals surface area contributed by atoms with Crippen LogP contribution in [0.4, 0.5) is 5.69 Å². The second-order valence-electron chi connectivity index (χ2n) is 6.23. The molecule has 20 heavy (non-hydrogen) atoms. The van der Waals surface area contributed by atoms with Gasteiger partial charge in [0.05, 0.1) is 5.75 Å². The van der Waals surface area contributed by atoms with E-state index in [2.05, 4.69) is 19.2 Å². The molecule has 0 spiro atoms. The Morgan fingerprint density at radius 3 is 2.55 bits per heavy atom. The summed E-state index contributed by atoms with van der Waals surface area (Å²) in [7, 11) is -3.46. The first-order valence-corrected chi connectivity index (χ1v) is 9.54. The molecule has 1 aromatic rings. The van der Waals surface area contributed by atoms with E-state index in [1.807, 2.05) is 36.0 Å². The Hall–Kier alpha value is -0.720. The number of hydrogen-bond donors (Lipinski definition) is 2. The number of hydrogen-bond acceptors (Lipinski definition) is 4. The highest BCUT2D eigenvalue weighted by atomic mass is 32.2. The SMILES string of the molecule is CC1(C)CSCC(Nc2ccc(CS(N)(=O)=O)cc2)C1. The second kappa shape index (κ2) is 5.95. The summed E-state index contributed by atoms with van der Waals surface area (Å²) in [6.07, 6.45) is 1.15. The van der Waals surface area contributed by atoms with Crippen LogP contribution in [0.2, 0.25) is 0 Å². The van der Waals surface area contributed by atoms with Gasteiger partial charge in [0.25, 0.3) is 0 Å². The monoisotopic (exact) mass is 314 g/mol. The lowest BCUT2D eigenvalue weighted by molar-refractivity contribution is 0.358. The first-order chi connectivity index (χ1) is 9.23. The molecule has 0 aliphatic carbocycles. The number of sulfonamides is 1. The van der Waals surface area contributed by atoms with Crippen LogP contribution in [0, 0.1) is 5.41 Å². The van der Waals surface area contributed by atoms with E-state index < -0.39 is 10.0 Å². The molecule has 4 nitrogen and oxygen atoms in total. The Balaban J connectivity index is 1.97. The van der Waals surface area contributed by atoms with Crippen LogP contribution in [-0.4, -0.2) is 26.0 Å². The van der Waals surface area contributed by atoms with Crippen LogP contribution < -0.4 is 10.5 Å². The molecule has 0 bridgehead atoms. The molecule has 0 amide bonds. The molecule has 1 aliphatic rings. The van der Waals surface area contributed by atoms with Crippen molar-refractivity contribution in [2.24, 2.45) is 10.6 Å². The predicted octanol–water partition coefficient (Wildman–Crippen LogP) is 2.42. The summed E-state index contributed by atoms with van der Waals surface area (Å²) in [5, 5.41) is 8.56. The Morgan fingerprint density at radius 1 is 1.35 bits per heavy atom. The van der Waals surface area contributed by atoms with E-state index in [9.17, 15) is 8.42 Å². The summed E-state index contributed by atoms with van der Waals surface area (Å²) < 4.78 is 22.1. The number of nitrogens with two attached hydrogens (primary N) is 1. The number of anilines is 1. The van der Waals surface area contributed by atoms with Crippen molar-refractivity contribution in [2.75, 3.05) is 16.8 Å². The molecule has 1 fully saturated rings. The van der Waals surface area contributed by atoms with Gasteiger partial charge in [-0.15, -0.1) is 0 Å². The van der Waals surface area contributed by atoms with Crippen LogP contribution in [0.25, 0.3) is 0 Å². The second-order valence-corrected chi connectivity index (χ2v) is 8.87. The number of thioether (sulfide) groups is 1. The number of primary sulfonamides is 1. The zero-order chi connectivity index (χ0) is 14.8. The summed E-state index contributed by atoms with van der Waals surface area (Å²) in [5.41, 5.74) is 2.12. The minimum Gasteiger partial charge on any atom is -0.381 e. The molecule has 1 aromatic carbocycles. The third kappa shape index (κ3) is 5.00. The molecule has 0 radical (unpaired) electrons. The lowest BCUT2D eigenvalue weighted by atomic mass is 9.88. The Labute approximate surface area is 125 Å². The van der Waals surface area contributed by atoms with E-state index in [4.69, 9.17) is 5.14 Å². The smallest absolute Gasteiger partial charge is 0.213 e. The third-order valence-electron chi connectivity index (χ3n) is 3.30. The molecule has 3 N–H and O–H groups in total. The molecule has 1 atom stereocenters. The quantitative estimate of drug-likeness (QED) is 0.895. The number of nitrogens with one attached hydrogen (secondary N) is 1. The zero-order valence-corrected chi connectivity index (χ0v) is 13.6. The van der Waals surface area contributed by atoms with E-state index in [0.717, 1.165) is 23.4 Å². The zero-order valence-electron chi connectivity index (χ0n) is 11.9. The molecular formula is C14H22N2O2S2. The molecule has 112 valence electrons. The van der Waals surface area contributed by atoms with Gasteiger partial charge < -0.3 is 5.32 Å². The molecule has 1 unspecified atom stereocenters. The summed E-state index contributed by atoms with van der Waals surface area (Å²) in [5.74, 6) is 2.21. The van der Waals surface area contributed by atoms with Gasteiger partial charge >= 0.3 is 0 Å². The van der Waals surface area contributed by atoms with Crippen molar-refractivity contribution in [1.82, 2.24) is 0 Å². The van der Waals surface area contributed by atoms with Crippen molar-refractivity contribution >= 4 is 27.5 Å². The molecule has 1 aliphatic heterocycles. The highest BCUT2D eigenvalue weighted by molar-refractivity contribution is 7.99. The standard InChI is InChI=1S/C14H22N2O2S2/c1-14(2)7-13(8-19-10-14)16-12-5-3-11(4-6-12)9-20(15,17)18/h3-6,13,16H,7-10H2,1-2H3,(H2,15,17,18). The predicted molar refractivity (Wildman–Crippen MR) is 86.4 cm³/mol. The van der Waals surface area contributed by atoms with Crippen LogP contribution in [0.1, 0.15) is 25.8 Å².